The van der Waals surface area contributed by atoms with E-state index in [1.165, 1.54) is 43.0 Å². The van der Waals surface area contributed by atoms with Crippen molar-refractivity contribution >= 4 is 17.7 Å². The van der Waals surface area contributed by atoms with E-state index < -0.39 is 0 Å². The van der Waals surface area contributed by atoms with E-state index >= 15 is 0 Å². The van der Waals surface area contributed by atoms with Crippen molar-refractivity contribution in [2.45, 2.75) is 55.8 Å². The summed E-state index contributed by atoms with van der Waals surface area (Å²) in [6.45, 7) is 2.83. The lowest BCUT2D eigenvalue weighted by molar-refractivity contribution is -0.118. The Balaban J connectivity index is 1.31. The van der Waals surface area contributed by atoms with E-state index in [0.717, 1.165) is 31.1 Å². The molecule has 2 heterocycles. The maximum absolute atomic E-state index is 12.5. The van der Waals surface area contributed by atoms with Crippen LogP contribution in [-0.2, 0) is 4.79 Å². The molecule has 8 heteroatoms. The van der Waals surface area contributed by atoms with Gasteiger partial charge in [-0.05, 0) is 54.8 Å². The Kier molecular flexibility index (Phi) is 6.59. The van der Waals surface area contributed by atoms with Crippen molar-refractivity contribution in [3.63, 3.8) is 0 Å². The summed E-state index contributed by atoms with van der Waals surface area (Å²) in [5, 5.41) is 15.9. The van der Waals surface area contributed by atoms with Gasteiger partial charge in [0.05, 0.1) is 17.8 Å². The Hall–Kier alpha value is -1.93. The number of nitrogens with zero attached hydrogens (tertiary/aromatic N) is 5. The molecular formula is C20H28N6OS. The number of carbonyl (C=O) groups excluding carboxylic acids is 1. The summed E-state index contributed by atoms with van der Waals surface area (Å²) in [6, 6.07) is 11.1. The third kappa shape index (κ3) is 4.72. The number of amides is 1. The molecule has 2 fully saturated rings. The third-order valence-electron chi connectivity index (χ3n) is 5.72. The fourth-order valence-electron chi connectivity index (χ4n) is 4.24. The van der Waals surface area contributed by atoms with Crippen LogP contribution in [0.3, 0.4) is 0 Å². The molecule has 150 valence electrons. The van der Waals surface area contributed by atoms with Crippen molar-refractivity contribution in [3.8, 4) is 0 Å². The molecule has 0 unspecified atom stereocenters. The van der Waals surface area contributed by atoms with Gasteiger partial charge in [-0.15, -0.1) is 5.10 Å². The summed E-state index contributed by atoms with van der Waals surface area (Å²) in [6.07, 6.45) is 7.17. The van der Waals surface area contributed by atoms with Gasteiger partial charge < -0.3 is 5.32 Å². The van der Waals surface area contributed by atoms with Gasteiger partial charge in [0.2, 0.25) is 11.1 Å². The van der Waals surface area contributed by atoms with Gasteiger partial charge in [0, 0.05) is 6.54 Å². The topological polar surface area (TPSA) is 75.9 Å². The molecule has 0 radical (unpaired) electrons. The molecule has 1 saturated carbocycles. The van der Waals surface area contributed by atoms with Crippen LogP contribution in [0.5, 0.6) is 0 Å². The summed E-state index contributed by atoms with van der Waals surface area (Å²) >= 11 is 1.43. The molecule has 4 rings (SSSR count). The van der Waals surface area contributed by atoms with Gasteiger partial charge in [0.25, 0.3) is 0 Å². The molecule has 1 aliphatic heterocycles. The molecule has 28 heavy (non-hydrogen) atoms. The Labute approximate surface area is 170 Å². The Bertz CT molecular complexity index is 755. The van der Waals surface area contributed by atoms with Crippen molar-refractivity contribution in [3.05, 3.63) is 35.9 Å². The van der Waals surface area contributed by atoms with E-state index in [1.807, 2.05) is 10.7 Å². The number of thioether (sulfide) groups is 1. The minimum absolute atomic E-state index is 0.0334. The minimum Gasteiger partial charge on any atom is -0.353 e. The standard InChI is InChI=1S/C20H28N6OS/c27-19(15-28-20-22-23-24-26(20)17-10-4-5-11-17)21-14-18(25-12-6-7-13-25)16-8-2-1-3-9-16/h1-3,8-9,17-18H,4-7,10-15H2,(H,21,27)/t18-/m0/s1. The minimum atomic E-state index is 0.0334. The van der Waals surface area contributed by atoms with Crippen LogP contribution in [0.15, 0.2) is 35.5 Å². The molecule has 1 N–H and O–H groups in total. The quantitative estimate of drug-likeness (QED) is 0.687. The highest BCUT2D eigenvalue weighted by Gasteiger charge is 2.25. The first kappa shape index (κ1) is 19.4. The highest BCUT2D eigenvalue weighted by molar-refractivity contribution is 7.99. The van der Waals surface area contributed by atoms with Crippen molar-refractivity contribution < 1.29 is 4.79 Å². The molecule has 1 atom stereocenters. The number of nitrogens with one attached hydrogen (secondary N) is 1. The molecule has 1 aliphatic carbocycles. The third-order valence-corrected chi connectivity index (χ3v) is 6.66. The highest BCUT2D eigenvalue weighted by atomic mass is 32.2. The Morgan fingerprint density at radius 1 is 1.14 bits per heavy atom. The molecular weight excluding hydrogens is 372 g/mol. The Morgan fingerprint density at radius 2 is 1.89 bits per heavy atom. The van der Waals surface area contributed by atoms with E-state index in [0.29, 0.717) is 18.3 Å². The maximum Gasteiger partial charge on any atom is 0.230 e. The number of hydrogen-bond acceptors (Lipinski definition) is 6. The van der Waals surface area contributed by atoms with Crippen LogP contribution in [-0.4, -0.2) is 56.4 Å². The molecule has 0 bridgehead atoms. The second kappa shape index (κ2) is 9.52. The number of aromatic nitrogens is 4. The number of likely N-dealkylation sites (tertiary alicyclic amines) is 1. The summed E-state index contributed by atoms with van der Waals surface area (Å²) in [5.74, 6) is 0.375. The molecule has 1 aromatic heterocycles. The fraction of sp³-hybridized carbons (Fsp3) is 0.600. The van der Waals surface area contributed by atoms with Crippen LogP contribution in [0.2, 0.25) is 0 Å². The van der Waals surface area contributed by atoms with Gasteiger partial charge in [-0.3, -0.25) is 9.69 Å². The van der Waals surface area contributed by atoms with Gasteiger partial charge >= 0.3 is 0 Å². The molecule has 2 aliphatic rings. The van der Waals surface area contributed by atoms with Crippen LogP contribution in [0.1, 0.15) is 56.2 Å². The summed E-state index contributed by atoms with van der Waals surface area (Å²) in [5.41, 5.74) is 1.27. The SMILES string of the molecule is O=C(CSc1nnnn1C1CCCC1)NC[C@@H](c1ccccc1)N1CCCC1. The van der Waals surface area contributed by atoms with E-state index in [-0.39, 0.29) is 11.9 Å². The van der Waals surface area contributed by atoms with E-state index in [1.54, 1.807) is 0 Å². The van der Waals surface area contributed by atoms with Crippen LogP contribution in [0.4, 0.5) is 0 Å². The summed E-state index contributed by atoms with van der Waals surface area (Å²) in [7, 11) is 0. The number of rotatable bonds is 8. The van der Waals surface area contributed by atoms with Gasteiger partial charge in [-0.1, -0.05) is 54.9 Å². The zero-order valence-electron chi connectivity index (χ0n) is 16.2. The van der Waals surface area contributed by atoms with Crippen molar-refractivity contribution in [1.29, 1.82) is 0 Å². The maximum atomic E-state index is 12.5. The monoisotopic (exact) mass is 400 g/mol. The van der Waals surface area contributed by atoms with Crippen molar-refractivity contribution in [2.75, 3.05) is 25.4 Å². The van der Waals surface area contributed by atoms with Gasteiger partial charge in [0.15, 0.2) is 0 Å². The zero-order valence-corrected chi connectivity index (χ0v) is 17.0. The predicted octanol–water partition coefficient (Wildman–Crippen LogP) is 2.83. The summed E-state index contributed by atoms with van der Waals surface area (Å²) in [4.78, 5) is 15.0. The largest absolute Gasteiger partial charge is 0.353 e. The Morgan fingerprint density at radius 3 is 2.64 bits per heavy atom. The smallest absolute Gasteiger partial charge is 0.230 e. The van der Waals surface area contributed by atoms with E-state index in [4.69, 9.17) is 0 Å². The van der Waals surface area contributed by atoms with Crippen LogP contribution < -0.4 is 5.32 Å². The number of carbonyl (C=O) groups is 1. The van der Waals surface area contributed by atoms with Crippen LogP contribution >= 0.6 is 11.8 Å². The number of tetrazole rings is 1. The molecule has 2 aromatic rings. The number of hydrogen-bond donors (Lipinski definition) is 1. The van der Waals surface area contributed by atoms with Gasteiger partial charge in [-0.25, -0.2) is 4.68 Å². The second-order valence-electron chi connectivity index (χ2n) is 7.61. The van der Waals surface area contributed by atoms with Crippen LogP contribution in [0.25, 0.3) is 0 Å². The molecule has 7 nitrogen and oxygen atoms in total. The van der Waals surface area contributed by atoms with Crippen LogP contribution in [0, 0.1) is 0 Å². The molecule has 0 spiro atoms. The second-order valence-corrected chi connectivity index (χ2v) is 8.55. The average Bonchev–Trinajstić information content (AvgIpc) is 3.49. The highest BCUT2D eigenvalue weighted by Crippen LogP contribution is 2.31. The predicted molar refractivity (Wildman–Crippen MR) is 109 cm³/mol. The first-order chi connectivity index (χ1) is 13.8. The van der Waals surface area contributed by atoms with Crippen molar-refractivity contribution in [2.24, 2.45) is 0 Å². The van der Waals surface area contributed by atoms with E-state index in [2.05, 4.69) is 50.0 Å². The summed E-state index contributed by atoms with van der Waals surface area (Å²) < 4.78 is 1.90. The molecule has 1 aromatic carbocycles. The van der Waals surface area contributed by atoms with E-state index in [9.17, 15) is 4.79 Å². The zero-order chi connectivity index (χ0) is 19.2. The van der Waals surface area contributed by atoms with Gasteiger partial charge in [0.1, 0.15) is 0 Å². The average molecular weight is 401 g/mol. The normalized spacial score (nSPS) is 19.1. The first-order valence-corrected chi connectivity index (χ1v) is 11.3. The first-order valence-electron chi connectivity index (χ1n) is 10.3. The fourth-order valence-corrected chi connectivity index (χ4v) is 5.01. The lowest BCUT2D eigenvalue weighted by Crippen LogP contribution is -2.37. The lowest BCUT2D eigenvalue weighted by Gasteiger charge is -2.28. The van der Waals surface area contributed by atoms with Gasteiger partial charge in [-0.2, -0.15) is 0 Å². The number of benzene rings is 1. The van der Waals surface area contributed by atoms with Crippen molar-refractivity contribution in [1.82, 2.24) is 30.4 Å². The molecule has 1 amide bonds. The lowest BCUT2D eigenvalue weighted by atomic mass is 10.1. The molecule has 1 saturated heterocycles.